The van der Waals surface area contributed by atoms with E-state index in [4.69, 9.17) is 4.74 Å². The number of benzene rings is 2. The number of hydrogen-bond acceptors (Lipinski definition) is 4. The first-order valence-corrected chi connectivity index (χ1v) is 9.91. The van der Waals surface area contributed by atoms with Crippen molar-refractivity contribution in [3.63, 3.8) is 0 Å². The van der Waals surface area contributed by atoms with Crippen molar-refractivity contribution in [2.75, 3.05) is 13.7 Å². The van der Waals surface area contributed by atoms with Crippen LogP contribution < -0.4 is 10.0 Å². The molecule has 2 rings (SSSR count). The first-order valence-electron chi connectivity index (χ1n) is 8.43. The van der Waals surface area contributed by atoms with Crippen LogP contribution in [0.15, 0.2) is 59.5 Å². The van der Waals surface area contributed by atoms with Gasteiger partial charge in [0.05, 0.1) is 11.5 Å². The number of rotatable bonds is 9. The highest BCUT2D eigenvalue weighted by Crippen LogP contribution is 2.12. The van der Waals surface area contributed by atoms with Gasteiger partial charge < -0.3 is 10.1 Å². The number of ether oxygens (including phenoxy) is 1. The largest absolute Gasteiger partial charge is 0.383 e. The Balaban J connectivity index is 2.22. The lowest BCUT2D eigenvalue weighted by atomic mass is 10.1. The first-order chi connectivity index (χ1) is 12.8. The number of sulfonamides is 1. The third-order valence-electron chi connectivity index (χ3n) is 3.83. The fourth-order valence-corrected chi connectivity index (χ4v) is 3.74. The molecule has 27 heavy (non-hydrogen) atoms. The number of amides is 1. The molecule has 0 aliphatic heterocycles. The molecule has 2 aromatic rings. The number of nitrogens with one attached hydrogen (secondary N) is 2. The second-order valence-corrected chi connectivity index (χ2v) is 7.90. The van der Waals surface area contributed by atoms with Crippen LogP contribution >= 0.6 is 0 Å². The summed E-state index contributed by atoms with van der Waals surface area (Å²) in [6.45, 7) is 2.06. The van der Waals surface area contributed by atoms with E-state index in [9.17, 15) is 17.6 Å². The molecule has 0 aromatic heterocycles. The first kappa shape index (κ1) is 21.0. The van der Waals surface area contributed by atoms with Gasteiger partial charge in [0.15, 0.2) is 0 Å². The molecule has 6 nitrogen and oxygen atoms in total. The van der Waals surface area contributed by atoms with Crippen molar-refractivity contribution < 1.29 is 22.3 Å². The van der Waals surface area contributed by atoms with Crippen LogP contribution in [0.5, 0.6) is 0 Å². The zero-order valence-corrected chi connectivity index (χ0v) is 16.0. The van der Waals surface area contributed by atoms with E-state index in [1.807, 2.05) is 30.3 Å². The summed E-state index contributed by atoms with van der Waals surface area (Å²) in [5, 5.41) is 2.73. The van der Waals surface area contributed by atoms with Crippen LogP contribution in [-0.4, -0.2) is 40.1 Å². The summed E-state index contributed by atoms with van der Waals surface area (Å²) in [5.74, 6) is -1.00. The Kier molecular flexibility index (Phi) is 7.46. The predicted molar refractivity (Wildman–Crippen MR) is 100 cm³/mol. The van der Waals surface area contributed by atoms with Gasteiger partial charge in [0.1, 0.15) is 11.9 Å². The normalized spacial score (nSPS) is 13.7. The maximum Gasteiger partial charge on any atom is 0.241 e. The molecule has 2 N–H and O–H groups in total. The Hall–Kier alpha value is -2.29. The van der Waals surface area contributed by atoms with Gasteiger partial charge in [0, 0.05) is 13.2 Å². The van der Waals surface area contributed by atoms with Gasteiger partial charge in [-0.15, -0.1) is 0 Å². The lowest BCUT2D eigenvalue weighted by molar-refractivity contribution is -0.123. The van der Waals surface area contributed by atoms with Crippen molar-refractivity contribution in [1.29, 1.82) is 0 Å². The highest BCUT2D eigenvalue weighted by molar-refractivity contribution is 7.89. The minimum absolute atomic E-state index is 0.111. The fourth-order valence-electron chi connectivity index (χ4n) is 2.54. The number of carbonyl (C=O) groups excluding carboxylic acids is 1. The van der Waals surface area contributed by atoms with Crippen LogP contribution in [0.3, 0.4) is 0 Å². The van der Waals surface area contributed by atoms with Gasteiger partial charge in [-0.05, 0) is 43.2 Å². The van der Waals surface area contributed by atoms with Crippen molar-refractivity contribution in [2.45, 2.75) is 30.3 Å². The maximum atomic E-state index is 13.1. The Morgan fingerprint density at radius 1 is 1.11 bits per heavy atom. The molecule has 0 heterocycles. The van der Waals surface area contributed by atoms with Crippen LogP contribution in [0.25, 0.3) is 0 Å². The molecular formula is C19H23FN2O4S. The summed E-state index contributed by atoms with van der Waals surface area (Å²) in [4.78, 5) is 12.5. The smallest absolute Gasteiger partial charge is 0.241 e. The Morgan fingerprint density at radius 2 is 1.74 bits per heavy atom. The van der Waals surface area contributed by atoms with Gasteiger partial charge in [0.25, 0.3) is 0 Å². The molecular weight excluding hydrogens is 371 g/mol. The molecule has 0 radical (unpaired) electrons. The van der Waals surface area contributed by atoms with E-state index in [-0.39, 0.29) is 17.4 Å². The molecule has 2 aromatic carbocycles. The van der Waals surface area contributed by atoms with Crippen LogP contribution in [0.2, 0.25) is 0 Å². The SMILES string of the molecule is COC[C@H](C)NC(=O)[C@@H](Cc1ccccc1)NS(=O)(=O)c1ccc(F)cc1. The van der Waals surface area contributed by atoms with Crippen molar-refractivity contribution >= 4 is 15.9 Å². The Morgan fingerprint density at radius 3 is 2.33 bits per heavy atom. The van der Waals surface area contributed by atoms with Crippen molar-refractivity contribution in [3.05, 3.63) is 66.0 Å². The third kappa shape index (κ3) is 6.42. The maximum absolute atomic E-state index is 13.1. The summed E-state index contributed by atoms with van der Waals surface area (Å²) < 4.78 is 45.7. The third-order valence-corrected chi connectivity index (χ3v) is 5.31. The number of carbonyl (C=O) groups is 1. The van der Waals surface area contributed by atoms with Gasteiger partial charge in [0.2, 0.25) is 15.9 Å². The molecule has 0 saturated heterocycles. The average molecular weight is 394 g/mol. The molecule has 0 spiro atoms. The molecule has 146 valence electrons. The summed E-state index contributed by atoms with van der Waals surface area (Å²) in [6, 6.07) is 12.2. The van der Waals surface area contributed by atoms with Crippen molar-refractivity contribution in [2.24, 2.45) is 0 Å². The van der Waals surface area contributed by atoms with Gasteiger partial charge in [-0.25, -0.2) is 12.8 Å². The average Bonchev–Trinajstić information content (AvgIpc) is 2.62. The van der Waals surface area contributed by atoms with E-state index in [1.54, 1.807) is 6.92 Å². The second kappa shape index (κ2) is 9.59. The van der Waals surface area contributed by atoms with Crippen molar-refractivity contribution in [1.82, 2.24) is 10.0 Å². The Labute approximate surface area is 158 Å². The second-order valence-electron chi connectivity index (χ2n) is 6.18. The Bertz CT molecular complexity index is 842. The summed E-state index contributed by atoms with van der Waals surface area (Å²) in [5.41, 5.74) is 0.804. The summed E-state index contributed by atoms with van der Waals surface area (Å²) in [6.07, 6.45) is 0.173. The molecule has 0 unspecified atom stereocenters. The molecule has 0 aliphatic rings. The molecule has 1 amide bonds. The number of hydrogen-bond donors (Lipinski definition) is 2. The highest BCUT2D eigenvalue weighted by Gasteiger charge is 2.27. The predicted octanol–water partition coefficient (Wildman–Crippen LogP) is 1.87. The van der Waals surface area contributed by atoms with Crippen LogP contribution in [0.1, 0.15) is 12.5 Å². The van der Waals surface area contributed by atoms with E-state index >= 15 is 0 Å². The molecule has 0 fully saturated rings. The topological polar surface area (TPSA) is 84.5 Å². The van der Waals surface area contributed by atoms with E-state index in [0.29, 0.717) is 6.61 Å². The van der Waals surface area contributed by atoms with E-state index in [1.165, 1.54) is 7.11 Å². The lowest BCUT2D eigenvalue weighted by Gasteiger charge is -2.21. The van der Waals surface area contributed by atoms with Crippen molar-refractivity contribution in [3.8, 4) is 0 Å². The molecule has 8 heteroatoms. The van der Waals surface area contributed by atoms with Gasteiger partial charge >= 0.3 is 0 Å². The van der Waals surface area contributed by atoms with Gasteiger partial charge in [-0.1, -0.05) is 30.3 Å². The summed E-state index contributed by atoms with van der Waals surface area (Å²) >= 11 is 0. The summed E-state index contributed by atoms with van der Waals surface area (Å²) in [7, 11) is -2.48. The lowest BCUT2D eigenvalue weighted by Crippen LogP contribution is -2.50. The fraction of sp³-hybridized carbons (Fsp3) is 0.316. The van der Waals surface area contributed by atoms with Gasteiger partial charge in [-0.2, -0.15) is 4.72 Å². The minimum atomic E-state index is -4.00. The van der Waals surface area contributed by atoms with Gasteiger partial charge in [-0.3, -0.25) is 4.79 Å². The molecule has 0 bridgehead atoms. The molecule has 2 atom stereocenters. The quantitative estimate of drug-likeness (QED) is 0.680. The zero-order chi connectivity index (χ0) is 19.9. The highest BCUT2D eigenvalue weighted by atomic mass is 32.2. The van der Waals surface area contributed by atoms with Crippen LogP contribution in [0, 0.1) is 5.82 Å². The number of halogens is 1. The van der Waals surface area contributed by atoms with E-state index < -0.39 is 27.8 Å². The van der Waals surface area contributed by atoms with Crippen LogP contribution in [-0.2, 0) is 26.0 Å². The monoisotopic (exact) mass is 394 g/mol. The zero-order valence-electron chi connectivity index (χ0n) is 15.2. The minimum Gasteiger partial charge on any atom is -0.383 e. The van der Waals surface area contributed by atoms with E-state index in [0.717, 1.165) is 29.8 Å². The standard InChI is InChI=1S/C19H23FN2O4S/c1-14(13-26-2)21-19(23)18(12-15-6-4-3-5-7-15)22-27(24,25)17-10-8-16(20)9-11-17/h3-11,14,18,22H,12-13H2,1-2H3,(H,21,23)/t14-,18+/m0/s1. The molecule has 0 aliphatic carbocycles. The van der Waals surface area contributed by atoms with E-state index in [2.05, 4.69) is 10.0 Å². The van der Waals surface area contributed by atoms with Crippen LogP contribution in [0.4, 0.5) is 4.39 Å². The molecule has 0 saturated carbocycles. The number of methoxy groups -OCH3 is 1.